The van der Waals surface area contributed by atoms with Gasteiger partial charge in [0, 0.05) is 31.5 Å². The maximum Gasteiger partial charge on any atom is 0.408 e. The summed E-state index contributed by atoms with van der Waals surface area (Å²) in [6.07, 6.45) is 2.18. The second-order valence-corrected chi connectivity index (χ2v) is 7.85. The van der Waals surface area contributed by atoms with Crippen LogP contribution in [-0.2, 0) is 33.5 Å². The van der Waals surface area contributed by atoms with E-state index in [1.165, 1.54) is 12.2 Å². The zero-order chi connectivity index (χ0) is 22.5. The molecular formula is C19H25N3O8. The number of hydrogen-bond acceptors (Lipinski definition) is 8. The third kappa shape index (κ3) is 6.39. The fourth-order valence-electron chi connectivity index (χ4n) is 2.78. The van der Waals surface area contributed by atoms with Gasteiger partial charge in [-0.1, -0.05) is 0 Å². The van der Waals surface area contributed by atoms with Gasteiger partial charge in [-0.25, -0.2) is 9.59 Å². The smallest absolute Gasteiger partial charge is 0.408 e. The molecule has 0 spiro atoms. The minimum absolute atomic E-state index is 0.0534. The maximum absolute atomic E-state index is 12.5. The standard InChI is InChI=1S/C19H25N3O8/c1-19(2,3)29-18(28)20-12(17(27)30-22-15(25)9-10-16(22)26)6-4-5-11-21-13(23)7-8-14(21)24/h7-8,12H,4-6,9-11H2,1-3H3,(H,20,28)/t12-/m0/s1. The summed E-state index contributed by atoms with van der Waals surface area (Å²) < 4.78 is 5.14. The van der Waals surface area contributed by atoms with Crippen molar-refractivity contribution in [3.05, 3.63) is 12.2 Å². The van der Waals surface area contributed by atoms with E-state index in [0.29, 0.717) is 17.9 Å². The summed E-state index contributed by atoms with van der Waals surface area (Å²) in [4.78, 5) is 76.9. The van der Waals surface area contributed by atoms with Crippen LogP contribution in [0.1, 0.15) is 52.9 Å². The molecule has 2 rings (SSSR count). The summed E-state index contributed by atoms with van der Waals surface area (Å²) in [5.74, 6) is -3.08. The lowest BCUT2D eigenvalue weighted by molar-refractivity contribution is -0.199. The molecule has 0 aromatic rings. The molecule has 2 heterocycles. The molecule has 5 amide bonds. The van der Waals surface area contributed by atoms with Crippen LogP contribution in [0.15, 0.2) is 12.2 Å². The first kappa shape index (κ1) is 23.0. The molecule has 2 aliphatic rings. The summed E-state index contributed by atoms with van der Waals surface area (Å²) >= 11 is 0. The van der Waals surface area contributed by atoms with E-state index in [4.69, 9.17) is 9.57 Å². The first-order valence-electron chi connectivity index (χ1n) is 9.58. The Morgan fingerprint density at radius 1 is 1.03 bits per heavy atom. The first-order valence-corrected chi connectivity index (χ1v) is 9.58. The minimum atomic E-state index is -1.19. The summed E-state index contributed by atoms with van der Waals surface area (Å²) in [7, 11) is 0. The molecule has 1 saturated heterocycles. The highest BCUT2D eigenvalue weighted by Crippen LogP contribution is 2.15. The predicted molar refractivity (Wildman–Crippen MR) is 100 cm³/mol. The molecule has 0 bridgehead atoms. The summed E-state index contributed by atoms with van der Waals surface area (Å²) in [6.45, 7) is 5.11. The zero-order valence-electron chi connectivity index (χ0n) is 17.1. The number of unbranched alkanes of at least 4 members (excludes halogenated alkanes) is 1. The van der Waals surface area contributed by atoms with Gasteiger partial charge in [0.25, 0.3) is 23.6 Å². The summed E-state index contributed by atoms with van der Waals surface area (Å²) in [6, 6.07) is -1.19. The molecule has 1 N–H and O–H groups in total. The van der Waals surface area contributed by atoms with Crippen LogP contribution in [-0.4, -0.2) is 63.8 Å². The highest BCUT2D eigenvalue weighted by Gasteiger charge is 2.35. The van der Waals surface area contributed by atoms with E-state index in [1.807, 2.05) is 0 Å². The van der Waals surface area contributed by atoms with Crippen LogP contribution in [0.5, 0.6) is 0 Å². The van der Waals surface area contributed by atoms with Gasteiger partial charge in [-0.3, -0.25) is 24.1 Å². The molecule has 0 aliphatic carbocycles. The van der Waals surface area contributed by atoms with Crippen molar-refractivity contribution in [1.29, 1.82) is 0 Å². The highest BCUT2D eigenvalue weighted by molar-refractivity contribution is 6.12. The van der Waals surface area contributed by atoms with Gasteiger partial charge in [0.2, 0.25) is 0 Å². The number of ether oxygens (including phenoxy) is 1. The maximum atomic E-state index is 12.5. The van der Waals surface area contributed by atoms with Crippen molar-refractivity contribution in [2.24, 2.45) is 0 Å². The van der Waals surface area contributed by atoms with Crippen LogP contribution in [0, 0.1) is 0 Å². The number of amides is 5. The molecule has 0 radical (unpaired) electrons. The number of hydroxylamine groups is 2. The summed E-state index contributed by atoms with van der Waals surface area (Å²) in [5.41, 5.74) is -0.803. The molecule has 0 aromatic heterocycles. The molecule has 11 heteroatoms. The predicted octanol–water partition coefficient (Wildman–Crippen LogP) is 0.582. The average Bonchev–Trinajstić information content (AvgIpc) is 3.12. The van der Waals surface area contributed by atoms with Crippen molar-refractivity contribution in [3.8, 4) is 0 Å². The van der Waals surface area contributed by atoms with E-state index < -0.39 is 47.3 Å². The Bertz CT molecular complexity index is 749. The van der Waals surface area contributed by atoms with Gasteiger partial charge in [-0.15, -0.1) is 5.06 Å². The Balaban J connectivity index is 1.94. The van der Waals surface area contributed by atoms with E-state index >= 15 is 0 Å². The van der Waals surface area contributed by atoms with Crippen LogP contribution in [0.25, 0.3) is 0 Å². The van der Waals surface area contributed by atoms with E-state index in [2.05, 4.69) is 5.32 Å². The molecular weight excluding hydrogens is 398 g/mol. The normalized spacial score (nSPS) is 17.6. The minimum Gasteiger partial charge on any atom is -0.444 e. The number of carbonyl (C=O) groups excluding carboxylic acids is 6. The SMILES string of the molecule is CC(C)(C)OC(=O)N[C@@H](CCCCN1C(=O)C=CC1=O)C(=O)ON1C(=O)CCC1=O. The Morgan fingerprint density at radius 2 is 1.60 bits per heavy atom. The van der Waals surface area contributed by atoms with Crippen molar-refractivity contribution in [2.75, 3.05) is 6.54 Å². The Kier molecular flexibility index (Phi) is 7.30. The molecule has 11 nitrogen and oxygen atoms in total. The number of alkyl carbamates (subject to hydrolysis) is 1. The van der Waals surface area contributed by atoms with Crippen LogP contribution in [0.3, 0.4) is 0 Å². The monoisotopic (exact) mass is 423 g/mol. The largest absolute Gasteiger partial charge is 0.444 e. The number of rotatable bonds is 8. The van der Waals surface area contributed by atoms with Crippen molar-refractivity contribution in [1.82, 2.24) is 15.3 Å². The zero-order valence-corrected chi connectivity index (χ0v) is 17.1. The lowest BCUT2D eigenvalue weighted by Gasteiger charge is -2.24. The Morgan fingerprint density at radius 3 is 2.13 bits per heavy atom. The number of imide groups is 2. The fourth-order valence-corrected chi connectivity index (χ4v) is 2.78. The Hall–Kier alpha value is -3.24. The first-order chi connectivity index (χ1) is 14.0. The van der Waals surface area contributed by atoms with Gasteiger partial charge in [0.15, 0.2) is 0 Å². The second-order valence-electron chi connectivity index (χ2n) is 7.85. The van der Waals surface area contributed by atoms with E-state index in [-0.39, 0.29) is 25.8 Å². The van der Waals surface area contributed by atoms with Crippen LogP contribution in [0.4, 0.5) is 4.79 Å². The van der Waals surface area contributed by atoms with Gasteiger partial charge in [0.1, 0.15) is 11.6 Å². The molecule has 0 aromatic carbocycles. The van der Waals surface area contributed by atoms with Crippen molar-refractivity contribution >= 4 is 35.7 Å². The number of carbonyl (C=O) groups is 6. The topological polar surface area (TPSA) is 139 Å². The molecule has 164 valence electrons. The Labute approximate surface area is 173 Å². The molecule has 0 unspecified atom stereocenters. The van der Waals surface area contributed by atoms with Crippen molar-refractivity contribution < 1.29 is 38.3 Å². The van der Waals surface area contributed by atoms with E-state index in [1.54, 1.807) is 20.8 Å². The molecule has 2 aliphatic heterocycles. The lowest BCUT2D eigenvalue weighted by Crippen LogP contribution is -2.47. The van der Waals surface area contributed by atoms with E-state index in [0.717, 1.165) is 4.90 Å². The molecule has 0 saturated carbocycles. The van der Waals surface area contributed by atoms with Crippen LogP contribution in [0.2, 0.25) is 0 Å². The van der Waals surface area contributed by atoms with Crippen LogP contribution >= 0.6 is 0 Å². The van der Waals surface area contributed by atoms with Gasteiger partial charge >= 0.3 is 12.1 Å². The van der Waals surface area contributed by atoms with Gasteiger partial charge in [-0.2, -0.15) is 0 Å². The van der Waals surface area contributed by atoms with Crippen molar-refractivity contribution in [3.63, 3.8) is 0 Å². The van der Waals surface area contributed by atoms with Crippen LogP contribution < -0.4 is 5.32 Å². The third-order valence-electron chi connectivity index (χ3n) is 4.19. The van der Waals surface area contributed by atoms with E-state index in [9.17, 15) is 28.8 Å². The quantitative estimate of drug-likeness (QED) is 0.442. The van der Waals surface area contributed by atoms with Gasteiger partial charge < -0.3 is 14.9 Å². The number of nitrogens with one attached hydrogen (secondary N) is 1. The lowest BCUT2D eigenvalue weighted by atomic mass is 10.1. The molecule has 30 heavy (non-hydrogen) atoms. The third-order valence-corrected chi connectivity index (χ3v) is 4.19. The molecule has 1 atom stereocenters. The average molecular weight is 423 g/mol. The van der Waals surface area contributed by atoms with Crippen molar-refractivity contribution in [2.45, 2.75) is 64.5 Å². The second kappa shape index (κ2) is 9.51. The fraction of sp³-hybridized carbons (Fsp3) is 0.579. The summed E-state index contributed by atoms with van der Waals surface area (Å²) in [5, 5.41) is 2.78. The van der Waals surface area contributed by atoms with Gasteiger partial charge in [-0.05, 0) is 40.0 Å². The molecule has 1 fully saturated rings. The number of hydrogen-bond donors (Lipinski definition) is 1. The number of nitrogens with zero attached hydrogens (tertiary/aromatic N) is 2. The van der Waals surface area contributed by atoms with Gasteiger partial charge in [0.05, 0.1) is 0 Å². The highest BCUT2D eigenvalue weighted by atomic mass is 16.7.